The van der Waals surface area contributed by atoms with Gasteiger partial charge in [-0.2, -0.15) is 0 Å². The van der Waals surface area contributed by atoms with Gasteiger partial charge in [-0.3, -0.25) is 24.2 Å². The number of rotatable bonds is 12. The summed E-state index contributed by atoms with van der Waals surface area (Å²) in [6, 6.07) is 4.70. The molecule has 244 valence electrons. The highest BCUT2D eigenvalue weighted by Gasteiger charge is 2.34. The van der Waals surface area contributed by atoms with Crippen molar-refractivity contribution in [2.24, 2.45) is 19.1 Å². The van der Waals surface area contributed by atoms with Crippen molar-refractivity contribution in [2.45, 2.75) is 25.3 Å². The van der Waals surface area contributed by atoms with Crippen LogP contribution in [0.5, 0.6) is 11.5 Å². The van der Waals surface area contributed by atoms with Crippen LogP contribution in [0.25, 0.3) is 0 Å². The number of hydrogen-bond acceptors (Lipinski definition) is 8. The first kappa shape index (κ1) is 32.5. The number of aryl methyl sites for hydroxylation is 2. The number of nitrogens with zero attached hydrogens (tertiary/aromatic N) is 5. The number of aliphatic imine (C=N–C) groups is 1. The third-order valence-electron chi connectivity index (χ3n) is 7.62. The molecular weight excluding hydrogens is 604 g/mol. The zero-order valence-electron chi connectivity index (χ0n) is 26.5. The summed E-state index contributed by atoms with van der Waals surface area (Å²) in [6.45, 7) is 11.9. The van der Waals surface area contributed by atoms with E-state index in [1.54, 1.807) is 48.1 Å². The van der Waals surface area contributed by atoms with E-state index in [-0.39, 0.29) is 42.5 Å². The number of allylic oxidation sites excluding steroid dienone is 1. The Kier molecular flexibility index (Phi) is 9.40. The van der Waals surface area contributed by atoms with E-state index in [0.717, 1.165) is 5.57 Å². The highest BCUT2D eigenvalue weighted by Crippen LogP contribution is 2.38. The first-order chi connectivity index (χ1) is 22.5. The van der Waals surface area contributed by atoms with Gasteiger partial charge in [-0.1, -0.05) is 25.3 Å². The fourth-order valence-electron chi connectivity index (χ4n) is 5.27. The number of anilines is 2. The fourth-order valence-corrected chi connectivity index (χ4v) is 5.27. The van der Waals surface area contributed by atoms with E-state index in [1.807, 2.05) is 0 Å². The Morgan fingerprint density at radius 1 is 1.09 bits per heavy atom. The molecule has 3 aromatic rings. The largest absolute Gasteiger partial charge is 0.493 e. The molecule has 2 aromatic heterocycles. The normalized spacial score (nSPS) is 15.0. The number of aromatic nitrogens is 3. The van der Waals surface area contributed by atoms with Crippen LogP contribution < -0.4 is 25.4 Å². The number of nitrogens with one attached hydrogen (secondary N) is 3. The van der Waals surface area contributed by atoms with E-state index in [0.29, 0.717) is 59.2 Å². The zero-order valence-corrected chi connectivity index (χ0v) is 26.5. The summed E-state index contributed by atoms with van der Waals surface area (Å²) in [7, 11) is 4.79. The second-order valence-corrected chi connectivity index (χ2v) is 11.2. The lowest BCUT2D eigenvalue weighted by Gasteiger charge is -2.20. The second-order valence-electron chi connectivity index (χ2n) is 11.2. The van der Waals surface area contributed by atoms with Crippen LogP contribution in [0.1, 0.15) is 50.7 Å². The topological polar surface area (TPSA) is 161 Å². The van der Waals surface area contributed by atoms with E-state index < -0.39 is 11.8 Å². The fraction of sp³-hybridized carbons (Fsp3) is 0.273. The summed E-state index contributed by atoms with van der Waals surface area (Å²) < 4.78 is 14.4. The Balaban J connectivity index is 1.13. The number of fused-ring (bicyclic) bond motifs is 2. The maximum absolute atomic E-state index is 13.2. The van der Waals surface area contributed by atoms with Crippen LogP contribution in [0.3, 0.4) is 0 Å². The molecule has 47 heavy (non-hydrogen) atoms. The highest BCUT2D eigenvalue weighted by atomic mass is 16.5. The molecule has 0 spiro atoms. The number of amides is 4. The standard InChI is InChI=1S/C33H36N8O6/c1-7-20(3)35-31(43)25-12-21(17-39(25)4)36-32(44)30-38-28(18-40(30)5)37-29(42)9-8-10-47-27-14-24-23(13-26(27)46-6)33(45)41-16-19(2)11-22(41)15-34-24/h7,12-15,17-18,22H,1-3,8-11,16H2,4-6H3,(H,35,43)(H,36,44)(H,37,42)/t22-/m0/s1. The number of benzene rings is 1. The Morgan fingerprint density at radius 2 is 1.87 bits per heavy atom. The van der Waals surface area contributed by atoms with Crippen LogP contribution in [0.15, 0.2) is 72.7 Å². The SMILES string of the molecule is C=CC(=C)NC(=O)c1cc(NC(=O)c2nc(NC(=O)CCCOc3cc4c(cc3OC)C(=O)N3CC(=C)C[C@H]3C=N4)cn2C)cn1C. The third kappa shape index (κ3) is 7.16. The van der Waals surface area contributed by atoms with E-state index in [4.69, 9.17) is 9.47 Å². The first-order valence-corrected chi connectivity index (χ1v) is 14.8. The number of hydrogen-bond donors (Lipinski definition) is 3. The Morgan fingerprint density at radius 3 is 2.62 bits per heavy atom. The van der Waals surface area contributed by atoms with Gasteiger partial charge in [0, 0.05) is 57.4 Å². The first-order valence-electron chi connectivity index (χ1n) is 14.8. The lowest BCUT2D eigenvalue weighted by molar-refractivity contribution is -0.116. The maximum Gasteiger partial charge on any atom is 0.291 e. The molecule has 0 aliphatic carbocycles. The number of carbonyl (C=O) groups excluding carboxylic acids is 4. The summed E-state index contributed by atoms with van der Waals surface area (Å²) in [5.41, 5.74) is 2.95. The van der Waals surface area contributed by atoms with Crippen LogP contribution in [0.2, 0.25) is 0 Å². The molecule has 1 aromatic carbocycles. The van der Waals surface area contributed by atoms with Gasteiger partial charge >= 0.3 is 0 Å². The molecule has 5 rings (SSSR count). The van der Waals surface area contributed by atoms with Crippen molar-refractivity contribution >= 4 is 47.0 Å². The molecule has 1 atom stereocenters. The highest BCUT2D eigenvalue weighted by molar-refractivity contribution is 6.05. The number of methoxy groups -OCH3 is 1. The van der Waals surface area contributed by atoms with Gasteiger partial charge in [-0.05, 0) is 31.1 Å². The average Bonchev–Trinajstić information content (AvgIpc) is 3.70. The van der Waals surface area contributed by atoms with Crippen molar-refractivity contribution in [3.8, 4) is 11.5 Å². The smallest absolute Gasteiger partial charge is 0.291 e. The molecular formula is C33H36N8O6. The summed E-state index contributed by atoms with van der Waals surface area (Å²) in [4.78, 5) is 61.7. The monoisotopic (exact) mass is 640 g/mol. The molecule has 1 fully saturated rings. The van der Waals surface area contributed by atoms with Crippen molar-refractivity contribution in [1.29, 1.82) is 0 Å². The van der Waals surface area contributed by atoms with Gasteiger partial charge in [0.05, 0.1) is 36.7 Å². The van der Waals surface area contributed by atoms with Crippen LogP contribution in [-0.2, 0) is 18.9 Å². The van der Waals surface area contributed by atoms with Crippen LogP contribution in [-0.4, -0.2) is 75.2 Å². The Labute approximate surface area is 271 Å². The van der Waals surface area contributed by atoms with Gasteiger partial charge in [0.15, 0.2) is 17.3 Å². The summed E-state index contributed by atoms with van der Waals surface area (Å²) in [5, 5.41) is 8.01. The Bertz CT molecular complexity index is 1830. The van der Waals surface area contributed by atoms with Crippen LogP contribution >= 0.6 is 0 Å². The molecule has 14 nitrogen and oxygen atoms in total. The lowest BCUT2D eigenvalue weighted by atomic mass is 10.1. The van der Waals surface area contributed by atoms with Crippen molar-refractivity contribution in [3.63, 3.8) is 0 Å². The van der Waals surface area contributed by atoms with Crippen molar-refractivity contribution in [3.05, 3.63) is 84.8 Å². The lowest BCUT2D eigenvalue weighted by Crippen LogP contribution is -2.35. The van der Waals surface area contributed by atoms with Gasteiger partial charge in [0.1, 0.15) is 5.69 Å². The van der Waals surface area contributed by atoms with Crippen LogP contribution in [0.4, 0.5) is 17.2 Å². The minimum absolute atomic E-state index is 0.0559. The molecule has 4 amide bonds. The average molecular weight is 641 g/mol. The number of ether oxygens (including phenoxy) is 2. The van der Waals surface area contributed by atoms with E-state index in [1.165, 1.54) is 30.0 Å². The minimum atomic E-state index is -0.527. The molecule has 0 radical (unpaired) electrons. The summed E-state index contributed by atoms with van der Waals surface area (Å²) in [6.07, 6.45) is 7.47. The molecule has 1 saturated heterocycles. The van der Waals surface area contributed by atoms with Crippen molar-refractivity contribution in [2.75, 3.05) is 30.9 Å². The molecule has 2 aliphatic rings. The quantitative estimate of drug-likeness (QED) is 0.154. The van der Waals surface area contributed by atoms with Gasteiger partial charge in [0.2, 0.25) is 11.7 Å². The maximum atomic E-state index is 13.2. The number of imidazole rings is 1. The van der Waals surface area contributed by atoms with Gasteiger partial charge in [-0.25, -0.2) is 4.98 Å². The summed E-state index contributed by atoms with van der Waals surface area (Å²) in [5.74, 6) is -0.314. The Hall–Kier alpha value is -5.92. The van der Waals surface area contributed by atoms with Gasteiger partial charge in [-0.15, -0.1) is 0 Å². The van der Waals surface area contributed by atoms with Gasteiger partial charge in [0.25, 0.3) is 17.7 Å². The predicted octanol–water partition coefficient (Wildman–Crippen LogP) is 3.73. The summed E-state index contributed by atoms with van der Waals surface area (Å²) >= 11 is 0. The van der Waals surface area contributed by atoms with Crippen molar-refractivity contribution in [1.82, 2.24) is 24.3 Å². The van der Waals surface area contributed by atoms with E-state index in [2.05, 4.69) is 45.7 Å². The molecule has 3 N–H and O–H groups in total. The van der Waals surface area contributed by atoms with Crippen LogP contribution in [0, 0.1) is 0 Å². The second kappa shape index (κ2) is 13.6. The zero-order chi connectivity index (χ0) is 33.8. The molecule has 0 saturated carbocycles. The van der Waals surface area contributed by atoms with E-state index >= 15 is 0 Å². The minimum Gasteiger partial charge on any atom is -0.493 e. The molecule has 0 unspecified atom stereocenters. The van der Waals surface area contributed by atoms with Gasteiger partial charge < -0.3 is 39.5 Å². The predicted molar refractivity (Wildman–Crippen MR) is 176 cm³/mol. The van der Waals surface area contributed by atoms with E-state index in [9.17, 15) is 19.2 Å². The number of carbonyl (C=O) groups is 4. The third-order valence-corrected chi connectivity index (χ3v) is 7.62. The molecule has 4 heterocycles. The van der Waals surface area contributed by atoms with Crippen molar-refractivity contribution < 1.29 is 28.7 Å². The molecule has 2 aliphatic heterocycles. The molecule has 0 bridgehead atoms. The molecule has 14 heteroatoms.